The molecule has 2 nitrogen and oxygen atoms in total. The zero-order valence-electron chi connectivity index (χ0n) is 13.5. The number of fused-ring (bicyclic) bond motifs is 3. The van der Waals surface area contributed by atoms with Gasteiger partial charge in [0.1, 0.15) is 7.05 Å². The van der Waals surface area contributed by atoms with Crippen molar-refractivity contribution in [3.8, 4) is 17.0 Å². The molecular formula is C20H18NOS+. The van der Waals surface area contributed by atoms with Gasteiger partial charge in [0.15, 0.2) is 11.4 Å². The molecule has 0 atom stereocenters. The lowest BCUT2D eigenvalue weighted by Gasteiger charge is -2.09. The van der Waals surface area contributed by atoms with Crippen molar-refractivity contribution in [2.45, 2.75) is 6.92 Å². The summed E-state index contributed by atoms with van der Waals surface area (Å²) in [6, 6.07) is 19.3. The Morgan fingerprint density at radius 2 is 1.74 bits per heavy atom. The minimum absolute atomic E-state index is 0.963. The van der Waals surface area contributed by atoms with Crippen LogP contribution in [0.4, 0.5) is 0 Å². The summed E-state index contributed by atoms with van der Waals surface area (Å²) >= 11 is 1.80. The molecule has 3 heteroatoms. The summed E-state index contributed by atoms with van der Waals surface area (Å²) in [6.45, 7) is 2.12. The van der Waals surface area contributed by atoms with Crippen LogP contribution in [0.2, 0.25) is 0 Å². The first-order chi connectivity index (χ1) is 11.2. The first-order valence-electron chi connectivity index (χ1n) is 7.65. The number of nitrogens with zero attached hydrogens (tertiary/aromatic N) is 1. The zero-order chi connectivity index (χ0) is 16.0. The van der Waals surface area contributed by atoms with Gasteiger partial charge in [0.25, 0.3) is 0 Å². The highest BCUT2D eigenvalue weighted by atomic mass is 32.1. The fourth-order valence-electron chi connectivity index (χ4n) is 3.13. The number of aromatic nitrogens is 1. The number of thiophene rings is 1. The standard InChI is InChI=1S/C20H18NOS/c1-13-7-6-9-17(21(13)2)16-12-11-15-14-8-4-5-10-18(14)23-20(15)19(16)22-3/h4-12H,1-3H3/q+1. The molecule has 0 aliphatic heterocycles. The average molecular weight is 320 g/mol. The largest absolute Gasteiger partial charge is 0.494 e. The Morgan fingerprint density at radius 1 is 0.913 bits per heavy atom. The van der Waals surface area contributed by atoms with E-state index in [-0.39, 0.29) is 0 Å². The van der Waals surface area contributed by atoms with Gasteiger partial charge in [-0.3, -0.25) is 0 Å². The monoisotopic (exact) mass is 320 g/mol. The maximum Gasteiger partial charge on any atom is 0.216 e. The molecule has 0 aliphatic rings. The van der Waals surface area contributed by atoms with E-state index < -0.39 is 0 Å². The molecule has 0 fully saturated rings. The van der Waals surface area contributed by atoms with Crippen molar-refractivity contribution in [2.75, 3.05) is 7.11 Å². The van der Waals surface area contributed by atoms with Crippen LogP contribution >= 0.6 is 11.3 Å². The minimum atomic E-state index is 0.963. The third-order valence-electron chi connectivity index (χ3n) is 4.46. The lowest BCUT2D eigenvalue weighted by Crippen LogP contribution is -2.34. The average Bonchev–Trinajstić information content (AvgIpc) is 2.95. The Morgan fingerprint density at radius 3 is 2.57 bits per heavy atom. The van der Waals surface area contributed by atoms with Gasteiger partial charge in [0.2, 0.25) is 5.69 Å². The van der Waals surface area contributed by atoms with Crippen LogP contribution in [0, 0.1) is 6.92 Å². The molecule has 0 N–H and O–H groups in total. The highest BCUT2D eigenvalue weighted by molar-refractivity contribution is 7.26. The summed E-state index contributed by atoms with van der Waals surface area (Å²) in [6.07, 6.45) is 0. The predicted octanol–water partition coefficient (Wildman–Crippen LogP) is 4.86. The van der Waals surface area contributed by atoms with Gasteiger partial charge < -0.3 is 4.74 Å². The molecule has 0 aliphatic carbocycles. The number of benzene rings is 2. The van der Waals surface area contributed by atoms with Gasteiger partial charge in [-0.05, 0) is 18.2 Å². The quantitative estimate of drug-likeness (QED) is 0.481. The molecule has 0 radical (unpaired) electrons. The topological polar surface area (TPSA) is 13.1 Å². The summed E-state index contributed by atoms with van der Waals surface area (Å²) in [5.74, 6) is 0.963. The van der Waals surface area contributed by atoms with E-state index in [2.05, 4.69) is 73.1 Å². The Hall–Kier alpha value is -2.39. The van der Waals surface area contributed by atoms with Crippen molar-refractivity contribution in [2.24, 2.45) is 7.05 Å². The van der Waals surface area contributed by atoms with Crippen LogP contribution in [0.15, 0.2) is 54.6 Å². The minimum Gasteiger partial charge on any atom is -0.494 e. The van der Waals surface area contributed by atoms with Gasteiger partial charge in [-0.25, -0.2) is 0 Å². The van der Waals surface area contributed by atoms with Crippen LogP contribution in [0.25, 0.3) is 31.4 Å². The van der Waals surface area contributed by atoms with Gasteiger partial charge in [0.05, 0.1) is 17.4 Å². The van der Waals surface area contributed by atoms with Crippen LogP contribution < -0.4 is 9.30 Å². The van der Waals surface area contributed by atoms with E-state index >= 15 is 0 Å². The molecular weight excluding hydrogens is 302 g/mol. The maximum atomic E-state index is 5.83. The molecule has 114 valence electrons. The number of methoxy groups -OCH3 is 1. The van der Waals surface area contributed by atoms with E-state index in [1.165, 1.54) is 31.6 Å². The molecule has 0 saturated carbocycles. The SMILES string of the molecule is COc1c(-c2cccc(C)[n+]2C)ccc2c1sc1ccccc12. The van der Waals surface area contributed by atoms with Crippen LogP contribution in [0.3, 0.4) is 0 Å². The lowest BCUT2D eigenvalue weighted by molar-refractivity contribution is -0.666. The van der Waals surface area contributed by atoms with Crippen molar-refractivity contribution in [1.29, 1.82) is 0 Å². The molecule has 4 rings (SSSR count). The highest BCUT2D eigenvalue weighted by Gasteiger charge is 2.20. The van der Waals surface area contributed by atoms with Gasteiger partial charge in [-0.15, -0.1) is 11.3 Å². The highest BCUT2D eigenvalue weighted by Crippen LogP contribution is 2.43. The van der Waals surface area contributed by atoms with E-state index in [9.17, 15) is 0 Å². The molecule has 2 aromatic carbocycles. The van der Waals surface area contributed by atoms with E-state index in [4.69, 9.17) is 4.74 Å². The maximum absolute atomic E-state index is 5.83. The Bertz CT molecular complexity index is 1030. The first-order valence-corrected chi connectivity index (χ1v) is 8.46. The van der Waals surface area contributed by atoms with Crippen molar-refractivity contribution in [1.82, 2.24) is 0 Å². The molecule has 0 saturated heterocycles. The number of rotatable bonds is 2. The Balaban J connectivity index is 2.08. The molecule has 0 unspecified atom stereocenters. The van der Waals surface area contributed by atoms with Gasteiger partial charge >= 0.3 is 0 Å². The fourth-order valence-corrected chi connectivity index (χ4v) is 4.36. The molecule has 0 spiro atoms. The number of pyridine rings is 1. The zero-order valence-corrected chi connectivity index (χ0v) is 14.3. The predicted molar refractivity (Wildman–Crippen MR) is 97.2 cm³/mol. The Labute approximate surface area is 139 Å². The lowest BCUT2D eigenvalue weighted by atomic mass is 10.1. The molecule has 4 aromatic rings. The summed E-state index contributed by atoms with van der Waals surface area (Å²) < 4.78 is 10.6. The second-order valence-corrected chi connectivity index (χ2v) is 6.78. The summed E-state index contributed by atoms with van der Waals surface area (Å²) in [4.78, 5) is 0. The summed E-state index contributed by atoms with van der Waals surface area (Å²) in [5, 5.41) is 2.56. The van der Waals surface area contributed by atoms with Crippen molar-refractivity contribution in [3.63, 3.8) is 0 Å². The van der Waals surface area contributed by atoms with E-state index in [0.29, 0.717) is 0 Å². The number of aryl methyl sites for hydroxylation is 1. The van der Waals surface area contributed by atoms with E-state index in [1.807, 2.05) is 0 Å². The van der Waals surface area contributed by atoms with Crippen molar-refractivity contribution >= 4 is 31.5 Å². The number of hydrogen-bond acceptors (Lipinski definition) is 2. The molecule has 2 aromatic heterocycles. The van der Waals surface area contributed by atoms with Crippen LogP contribution in [0.5, 0.6) is 5.75 Å². The number of ether oxygens (including phenoxy) is 1. The van der Waals surface area contributed by atoms with Crippen molar-refractivity contribution < 1.29 is 9.30 Å². The second kappa shape index (κ2) is 5.36. The smallest absolute Gasteiger partial charge is 0.216 e. The second-order valence-electron chi connectivity index (χ2n) is 5.73. The van der Waals surface area contributed by atoms with Crippen LogP contribution in [-0.4, -0.2) is 7.11 Å². The Kier molecular flexibility index (Phi) is 3.31. The molecule has 2 heterocycles. The summed E-state index contributed by atoms with van der Waals surface area (Å²) in [7, 11) is 3.86. The fraction of sp³-hybridized carbons (Fsp3) is 0.150. The van der Waals surface area contributed by atoms with Crippen LogP contribution in [0.1, 0.15) is 5.69 Å². The molecule has 0 amide bonds. The van der Waals surface area contributed by atoms with Crippen LogP contribution in [-0.2, 0) is 7.05 Å². The van der Waals surface area contributed by atoms with Gasteiger partial charge in [0, 0.05) is 34.5 Å². The van der Waals surface area contributed by atoms with Crippen molar-refractivity contribution in [3.05, 3.63) is 60.3 Å². The van der Waals surface area contributed by atoms with E-state index in [1.54, 1.807) is 18.4 Å². The first kappa shape index (κ1) is 14.2. The third kappa shape index (κ3) is 2.12. The molecule has 23 heavy (non-hydrogen) atoms. The van der Waals surface area contributed by atoms with E-state index in [0.717, 1.165) is 11.3 Å². The van der Waals surface area contributed by atoms with Gasteiger partial charge in [-0.1, -0.05) is 24.3 Å². The number of hydrogen-bond donors (Lipinski definition) is 0. The normalized spacial score (nSPS) is 11.3. The third-order valence-corrected chi connectivity index (χ3v) is 5.65. The molecule has 0 bridgehead atoms. The van der Waals surface area contributed by atoms with Gasteiger partial charge in [-0.2, -0.15) is 4.57 Å². The summed E-state index contributed by atoms with van der Waals surface area (Å²) in [5.41, 5.74) is 3.53.